The lowest BCUT2D eigenvalue weighted by Crippen LogP contribution is -2.33. The van der Waals surface area contributed by atoms with Gasteiger partial charge in [-0.15, -0.1) is 0 Å². The maximum absolute atomic E-state index is 14.9. The Morgan fingerprint density at radius 3 is 2.84 bits per heavy atom. The number of hydrogen-bond acceptors (Lipinski definition) is 7. The second kappa shape index (κ2) is 8.53. The summed E-state index contributed by atoms with van der Waals surface area (Å²) in [6, 6.07) is 7.50. The highest BCUT2D eigenvalue weighted by molar-refractivity contribution is 5.90. The summed E-state index contributed by atoms with van der Waals surface area (Å²) in [5.41, 5.74) is 1.59. The number of benzene rings is 1. The fraction of sp³-hybridized carbons (Fsp3) is 0.238. The zero-order valence-corrected chi connectivity index (χ0v) is 17.2. The number of carbonyl (C=O) groups is 3. The number of rotatable bonds is 6. The average Bonchev–Trinajstić information content (AvgIpc) is 3.51. The minimum atomic E-state index is -0.649. The number of aromatic nitrogens is 2. The molecule has 1 N–H and O–H groups in total. The molecule has 0 spiro atoms. The van der Waals surface area contributed by atoms with Crippen LogP contribution >= 0.6 is 0 Å². The third-order valence-electron chi connectivity index (χ3n) is 4.86. The molecule has 0 aliphatic carbocycles. The maximum atomic E-state index is 14.9. The number of esters is 1. The first kappa shape index (κ1) is 21.1. The first-order valence-electron chi connectivity index (χ1n) is 9.61. The van der Waals surface area contributed by atoms with Gasteiger partial charge in [-0.1, -0.05) is 5.16 Å². The Labute approximate surface area is 181 Å². The minimum Gasteiger partial charge on any atom is -0.463 e. The van der Waals surface area contributed by atoms with Crippen molar-refractivity contribution in [2.24, 2.45) is 0 Å². The molecule has 10 nitrogen and oxygen atoms in total. The predicted molar refractivity (Wildman–Crippen MR) is 109 cm³/mol. The lowest BCUT2D eigenvalue weighted by molar-refractivity contribution is -0.119. The van der Waals surface area contributed by atoms with E-state index in [0.29, 0.717) is 16.9 Å². The van der Waals surface area contributed by atoms with Crippen molar-refractivity contribution in [3.63, 3.8) is 0 Å². The van der Waals surface area contributed by atoms with Crippen LogP contribution in [0.4, 0.5) is 14.9 Å². The molecule has 0 radical (unpaired) electrons. The molecule has 4 rings (SSSR count). The molecule has 1 aliphatic rings. The van der Waals surface area contributed by atoms with E-state index in [9.17, 15) is 18.8 Å². The predicted octanol–water partition coefficient (Wildman–Crippen LogP) is 2.52. The monoisotopic (exact) mass is 442 g/mol. The number of ether oxygens (including phenoxy) is 2. The molecule has 2 amide bonds. The number of nitrogens with zero attached hydrogens (tertiary/aromatic N) is 3. The summed E-state index contributed by atoms with van der Waals surface area (Å²) in [4.78, 5) is 36.0. The van der Waals surface area contributed by atoms with E-state index in [0.717, 1.165) is 0 Å². The Morgan fingerprint density at radius 2 is 2.12 bits per heavy atom. The molecule has 3 heterocycles. The van der Waals surface area contributed by atoms with Gasteiger partial charge in [-0.3, -0.25) is 9.69 Å². The summed E-state index contributed by atoms with van der Waals surface area (Å²) in [6.07, 6.45) is 2.14. The van der Waals surface area contributed by atoms with Crippen LogP contribution in [0.2, 0.25) is 0 Å². The molecular weight excluding hydrogens is 423 g/mol. The zero-order valence-electron chi connectivity index (χ0n) is 17.2. The van der Waals surface area contributed by atoms with Crippen LogP contribution in [-0.4, -0.2) is 54.0 Å². The normalized spacial score (nSPS) is 15.5. The molecule has 1 aliphatic heterocycles. The molecule has 0 saturated carbocycles. The molecule has 32 heavy (non-hydrogen) atoms. The van der Waals surface area contributed by atoms with Gasteiger partial charge in [0.15, 0.2) is 0 Å². The third-order valence-corrected chi connectivity index (χ3v) is 4.86. The summed E-state index contributed by atoms with van der Waals surface area (Å²) >= 11 is 0. The maximum Gasteiger partial charge on any atom is 0.414 e. The van der Waals surface area contributed by atoms with E-state index in [4.69, 9.17) is 9.26 Å². The van der Waals surface area contributed by atoms with Gasteiger partial charge in [-0.2, -0.15) is 0 Å². The molecule has 1 saturated heterocycles. The van der Waals surface area contributed by atoms with Gasteiger partial charge in [0.1, 0.15) is 17.6 Å². The highest BCUT2D eigenvalue weighted by atomic mass is 19.1. The topological polar surface area (TPSA) is 116 Å². The Hall–Kier alpha value is -4.15. The number of carbonyl (C=O) groups excluding carboxylic acids is 3. The number of methoxy groups -OCH3 is 1. The molecule has 11 heteroatoms. The van der Waals surface area contributed by atoms with Crippen LogP contribution in [0, 0.1) is 5.82 Å². The number of cyclic esters (lactones) is 1. The smallest absolute Gasteiger partial charge is 0.414 e. The highest BCUT2D eigenvalue weighted by Gasteiger charge is 2.32. The quantitative estimate of drug-likeness (QED) is 0.583. The van der Waals surface area contributed by atoms with Gasteiger partial charge in [-0.25, -0.2) is 14.0 Å². The minimum absolute atomic E-state index is 0.0416. The van der Waals surface area contributed by atoms with E-state index in [1.807, 2.05) is 0 Å². The van der Waals surface area contributed by atoms with E-state index >= 15 is 0 Å². The average molecular weight is 442 g/mol. The van der Waals surface area contributed by atoms with E-state index in [2.05, 4.69) is 15.2 Å². The number of nitrogens with one attached hydrogen (secondary N) is 1. The highest BCUT2D eigenvalue weighted by Crippen LogP contribution is 2.27. The Kier molecular flexibility index (Phi) is 5.63. The van der Waals surface area contributed by atoms with Gasteiger partial charge in [0.05, 0.1) is 31.6 Å². The zero-order chi connectivity index (χ0) is 22.8. The molecule has 0 bridgehead atoms. The molecule has 3 aromatic rings. The van der Waals surface area contributed by atoms with Gasteiger partial charge in [0.25, 0.3) is 0 Å². The van der Waals surface area contributed by atoms with E-state index in [1.165, 1.54) is 37.1 Å². The van der Waals surface area contributed by atoms with Crippen molar-refractivity contribution in [2.75, 3.05) is 25.1 Å². The van der Waals surface area contributed by atoms with Crippen molar-refractivity contribution >= 4 is 23.7 Å². The van der Waals surface area contributed by atoms with Crippen LogP contribution in [0.15, 0.2) is 47.2 Å². The van der Waals surface area contributed by atoms with Crippen molar-refractivity contribution in [3.8, 4) is 16.9 Å². The second-order valence-electron chi connectivity index (χ2n) is 7.06. The van der Waals surface area contributed by atoms with E-state index < -0.39 is 24.0 Å². The number of halogens is 1. The van der Waals surface area contributed by atoms with Crippen LogP contribution in [0.25, 0.3) is 16.9 Å². The van der Waals surface area contributed by atoms with Gasteiger partial charge < -0.3 is 23.9 Å². The Balaban J connectivity index is 1.51. The van der Waals surface area contributed by atoms with E-state index in [1.54, 1.807) is 29.1 Å². The lowest BCUT2D eigenvalue weighted by Gasteiger charge is -2.14. The van der Waals surface area contributed by atoms with Crippen molar-refractivity contribution in [1.29, 1.82) is 0 Å². The Bertz CT molecular complexity index is 1190. The first-order chi connectivity index (χ1) is 15.4. The van der Waals surface area contributed by atoms with E-state index in [-0.39, 0.29) is 30.4 Å². The number of hydrogen-bond donors (Lipinski definition) is 1. The molecule has 1 atom stereocenters. The summed E-state index contributed by atoms with van der Waals surface area (Å²) in [5.74, 6) is -1.48. The molecular formula is C21H19FN4O6. The Morgan fingerprint density at radius 1 is 1.31 bits per heavy atom. The van der Waals surface area contributed by atoms with Crippen molar-refractivity contribution in [1.82, 2.24) is 15.0 Å². The van der Waals surface area contributed by atoms with Gasteiger partial charge in [-0.05, 0) is 24.3 Å². The second-order valence-corrected chi connectivity index (χ2v) is 7.06. The summed E-state index contributed by atoms with van der Waals surface area (Å²) in [6.45, 7) is 1.75. The van der Waals surface area contributed by atoms with Crippen LogP contribution in [-0.2, 0) is 14.3 Å². The van der Waals surface area contributed by atoms with Crippen LogP contribution in [0.5, 0.6) is 0 Å². The summed E-state index contributed by atoms with van der Waals surface area (Å²) in [5, 5.41) is 6.42. The molecule has 0 unspecified atom stereocenters. The standard InChI is InChI=1S/C21H19FN4O6/c1-12(27)23-9-15-11-26(21(29)31-15)14-3-4-18(16(22)7-14)25-6-5-13(10-25)17-8-19(32-24-17)20(28)30-2/h3-8,10,15H,9,11H2,1-2H3,(H,23,27)/t15-/m0/s1. The third kappa shape index (κ3) is 4.17. The number of amides is 2. The van der Waals surface area contributed by atoms with Crippen molar-refractivity contribution in [3.05, 3.63) is 54.3 Å². The first-order valence-corrected chi connectivity index (χ1v) is 9.61. The van der Waals surface area contributed by atoms with Crippen LogP contribution in [0.3, 0.4) is 0 Å². The van der Waals surface area contributed by atoms with Crippen molar-refractivity contribution in [2.45, 2.75) is 13.0 Å². The van der Waals surface area contributed by atoms with Crippen LogP contribution in [0.1, 0.15) is 17.5 Å². The largest absolute Gasteiger partial charge is 0.463 e. The SMILES string of the molecule is COC(=O)c1cc(-c2ccn(-c3ccc(N4C[C@H](CNC(C)=O)OC4=O)cc3F)c2)no1. The fourth-order valence-electron chi connectivity index (χ4n) is 3.28. The molecule has 2 aromatic heterocycles. The fourth-order valence-corrected chi connectivity index (χ4v) is 3.28. The van der Waals surface area contributed by atoms with Gasteiger partial charge in [0.2, 0.25) is 11.7 Å². The molecule has 166 valence electrons. The number of anilines is 1. The van der Waals surface area contributed by atoms with Gasteiger partial charge in [0, 0.05) is 30.9 Å². The van der Waals surface area contributed by atoms with Gasteiger partial charge >= 0.3 is 12.1 Å². The molecule has 1 fully saturated rings. The molecule has 1 aromatic carbocycles. The summed E-state index contributed by atoms with van der Waals surface area (Å²) in [7, 11) is 1.23. The van der Waals surface area contributed by atoms with Crippen molar-refractivity contribution < 1.29 is 32.8 Å². The lowest BCUT2D eigenvalue weighted by atomic mass is 10.2. The summed E-state index contributed by atoms with van der Waals surface area (Å²) < 4.78 is 31.2. The van der Waals surface area contributed by atoms with Crippen LogP contribution < -0.4 is 10.2 Å².